The highest BCUT2D eigenvalue weighted by molar-refractivity contribution is 5.77. The summed E-state index contributed by atoms with van der Waals surface area (Å²) < 4.78 is 11.3. The highest BCUT2D eigenvalue weighted by Crippen LogP contribution is 2.24. The van der Waals surface area contributed by atoms with Gasteiger partial charge in [0.2, 0.25) is 0 Å². The van der Waals surface area contributed by atoms with E-state index in [4.69, 9.17) is 9.47 Å². The normalized spacial score (nSPS) is 10.4. The minimum atomic E-state index is -0.147. The minimum Gasteiger partial charge on any atom is -0.484 e. The van der Waals surface area contributed by atoms with Crippen LogP contribution in [0.3, 0.4) is 0 Å². The van der Waals surface area contributed by atoms with Crippen LogP contribution in [0.25, 0.3) is 0 Å². The van der Waals surface area contributed by atoms with Crippen LogP contribution in [0.5, 0.6) is 17.2 Å². The number of carbonyl (C=O) groups excluding carboxylic acids is 1. The Morgan fingerprint density at radius 1 is 0.929 bits per heavy atom. The second-order valence-corrected chi connectivity index (χ2v) is 6.58. The smallest absolute Gasteiger partial charge is 0.257 e. The Morgan fingerprint density at radius 3 is 2.25 bits per heavy atom. The molecule has 0 unspecified atom stereocenters. The van der Waals surface area contributed by atoms with Gasteiger partial charge < -0.3 is 14.8 Å². The van der Waals surface area contributed by atoms with Crippen LogP contribution in [0.2, 0.25) is 0 Å². The van der Waals surface area contributed by atoms with E-state index in [9.17, 15) is 4.79 Å². The number of aryl methyl sites for hydroxylation is 2. The van der Waals surface area contributed by atoms with Gasteiger partial charge in [-0.15, -0.1) is 0 Å². The van der Waals surface area contributed by atoms with Gasteiger partial charge in [-0.2, -0.15) is 0 Å². The number of amides is 1. The summed E-state index contributed by atoms with van der Waals surface area (Å²) in [4.78, 5) is 16.0. The third-order valence-electron chi connectivity index (χ3n) is 4.30. The molecule has 0 fully saturated rings. The van der Waals surface area contributed by atoms with Gasteiger partial charge in [-0.05, 0) is 73.9 Å². The van der Waals surface area contributed by atoms with Crippen LogP contribution < -0.4 is 14.8 Å². The Hall–Kier alpha value is -3.34. The van der Waals surface area contributed by atoms with E-state index in [0.29, 0.717) is 18.0 Å². The first-order chi connectivity index (χ1) is 13.6. The molecule has 0 saturated heterocycles. The number of ether oxygens (including phenoxy) is 2. The number of hydrogen-bond acceptors (Lipinski definition) is 4. The lowest BCUT2D eigenvalue weighted by molar-refractivity contribution is -0.123. The lowest BCUT2D eigenvalue weighted by atomic mass is 10.1. The van der Waals surface area contributed by atoms with Gasteiger partial charge in [0.1, 0.15) is 17.2 Å². The van der Waals surface area contributed by atoms with Crippen LogP contribution in [0, 0.1) is 13.8 Å². The van der Waals surface area contributed by atoms with Gasteiger partial charge in [-0.1, -0.05) is 17.7 Å². The first kappa shape index (κ1) is 19.4. The molecule has 0 bridgehead atoms. The number of hydrogen-bond donors (Lipinski definition) is 1. The summed E-state index contributed by atoms with van der Waals surface area (Å²) in [6, 6.07) is 17.0. The van der Waals surface area contributed by atoms with E-state index in [1.165, 1.54) is 11.1 Å². The lowest BCUT2D eigenvalue weighted by Crippen LogP contribution is -2.30. The molecule has 2 aromatic carbocycles. The van der Waals surface area contributed by atoms with Crippen molar-refractivity contribution in [3.05, 3.63) is 83.7 Å². The summed E-state index contributed by atoms with van der Waals surface area (Å²) in [6.07, 6.45) is 4.36. The number of benzene rings is 2. The van der Waals surface area contributed by atoms with Crippen molar-refractivity contribution >= 4 is 5.91 Å². The molecule has 3 aromatic rings. The monoisotopic (exact) mass is 376 g/mol. The van der Waals surface area contributed by atoms with Gasteiger partial charge in [-0.3, -0.25) is 9.78 Å². The maximum absolute atomic E-state index is 12.0. The zero-order valence-electron chi connectivity index (χ0n) is 16.1. The van der Waals surface area contributed by atoms with Gasteiger partial charge in [0.15, 0.2) is 6.61 Å². The van der Waals surface area contributed by atoms with Crippen molar-refractivity contribution in [2.24, 2.45) is 0 Å². The van der Waals surface area contributed by atoms with E-state index in [2.05, 4.69) is 10.3 Å². The summed E-state index contributed by atoms with van der Waals surface area (Å²) >= 11 is 0. The van der Waals surface area contributed by atoms with Crippen LogP contribution in [0.4, 0.5) is 0 Å². The second-order valence-electron chi connectivity index (χ2n) is 6.58. The van der Waals surface area contributed by atoms with Crippen molar-refractivity contribution in [2.45, 2.75) is 20.3 Å². The average Bonchev–Trinajstić information content (AvgIpc) is 2.71. The fourth-order valence-corrected chi connectivity index (χ4v) is 2.67. The second kappa shape index (κ2) is 9.55. The van der Waals surface area contributed by atoms with Crippen molar-refractivity contribution in [1.82, 2.24) is 10.3 Å². The van der Waals surface area contributed by atoms with Crippen LogP contribution in [0.15, 0.2) is 67.0 Å². The minimum absolute atomic E-state index is 0.0203. The third-order valence-corrected chi connectivity index (χ3v) is 4.30. The van der Waals surface area contributed by atoms with Crippen molar-refractivity contribution in [3.8, 4) is 17.2 Å². The van der Waals surface area contributed by atoms with Crippen molar-refractivity contribution in [1.29, 1.82) is 0 Å². The molecule has 0 aliphatic heterocycles. The number of nitrogens with one attached hydrogen (secondary N) is 1. The number of aromatic nitrogens is 1. The molecule has 1 amide bonds. The van der Waals surface area contributed by atoms with Gasteiger partial charge in [0, 0.05) is 18.9 Å². The quantitative estimate of drug-likeness (QED) is 0.639. The molecule has 0 aliphatic carbocycles. The van der Waals surface area contributed by atoms with E-state index in [0.717, 1.165) is 17.7 Å². The maximum atomic E-state index is 12.0. The highest BCUT2D eigenvalue weighted by atomic mass is 16.5. The molecular weight excluding hydrogens is 352 g/mol. The van der Waals surface area contributed by atoms with Crippen LogP contribution in [-0.2, 0) is 11.2 Å². The van der Waals surface area contributed by atoms with Gasteiger partial charge >= 0.3 is 0 Å². The molecule has 144 valence electrons. The van der Waals surface area contributed by atoms with Gasteiger partial charge in [-0.25, -0.2) is 0 Å². The summed E-state index contributed by atoms with van der Waals surface area (Å²) in [5, 5.41) is 2.87. The largest absolute Gasteiger partial charge is 0.484 e. The predicted octanol–water partition coefficient (Wildman–Crippen LogP) is 4.23. The lowest BCUT2D eigenvalue weighted by Gasteiger charge is -2.10. The van der Waals surface area contributed by atoms with Crippen molar-refractivity contribution < 1.29 is 14.3 Å². The van der Waals surface area contributed by atoms with Crippen LogP contribution >= 0.6 is 0 Å². The van der Waals surface area contributed by atoms with Crippen molar-refractivity contribution in [2.75, 3.05) is 13.2 Å². The molecule has 1 N–H and O–H groups in total. The summed E-state index contributed by atoms with van der Waals surface area (Å²) in [7, 11) is 0. The first-order valence-corrected chi connectivity index (χ1v) is 9.24. The zero-order valence-corrected chi connectivity index (χ0v) is 16.1. The number of pyridine rings is 1. The fourth-order valence-electron chi connectivity index (χ4n) is 2.67. The zero-order chi connectivity index (χ0) is 19.8. The molecule has 5 nitrogen and oxygen atoms in total. The molecule has 3 rings (SSSR count). The van der Waals surface area contributed by atoms with E-state index < -0.39 is 0 Å². The average molecular weight is 376 g/mol. The Balaban J connectivity index is 1.41. The fraction of sp³-hybridized carbons (Fsp3) is 0.217. The molecule has 0 radical (unpaired) electrons. The topological polar surface area (TPSA) is 60.5 Å². The highest BCUT2D eigenvalue weighted by Gasteiger charge is 2.04. The summed E-state index contributed by atoms with van der Waals surface area (Å²) in [5.41, 5.74) is 3.49. The number of rotatable bonds is 8. The SMILES string of the molecule is Cc1ccc(Oc2ccc(OCC(=O)NCCc3ccncc3C)cc2)cc1. The van der Waals surface area contributed by atoms with E-state index >= 15 is 0 Å². The molecule has 28 heavy (non-hydrogen) atoms. The Kier molecular flexibility index (Phi) is 6.63. The maximum Gasteiger partial charge on any atom is 0.257 e. The van der Waals surface area contributed by atoms with E-state index in [-0.39, 0.29) is 12.5 Å². The van der Waals surface area contributed by atoms with E-state index in [1.54, 1.807) is 18.3 Å². The Labute approximate surface area is 165 Å². The molecule has 1 heterocycles. The molecule has 5 heteroatoms. The molecule has 0 saturated carbocycles. The third kappa shape index (κ3) is 5.84. The summed E-state index contributed by atoms with van der Waals surface area (Å²) in [5.74, 6) is 1.97. The summed E-state index contributed by atoms with van der Waals surface area (Å²) in [6.45, 7) is 4.59. The van der Waals surface area contributed by atoms with Gasteiger partial charge in [0.05, 0.1) is 0 Å². The molecular formula is C23H24N2O3. The van der Waals surface area contributed by atoms with Crippen LogP contribution in [0.1, 0.15) is 16.7 Å². The predicted molar refractivity (Wildman–Crippen MR) is 109 cm³/mol. The first-order valence-electron chi connectivity index (χ1n) is 9.24. The Morgan fingerprint density at radius 2 is 1.57 bits per heavy atom. The van der Waals surface area contributed by atoms with E-state index in [1.807, 2.05) is 62.5 Å². The number of nitrogens with zero attached hydrogens (tertiary/aromatic N) is 1. The van der Waals surface area contributed by atoms with Gasteiger partial charge in [0.25, 0.3) is 5.91 Å². The number of carbonyl (C=O) groups is 1. The Bertz CT molecular complexity index is 906. The van der Waals surface area contributed by atoms with Crippen LogP contribution in [-0.4, -0.2) is 24.0 Å². The molecule has 0 atom stereocenters. The molecule has 0 spiro atoms. The molecule has 0 aliphatic rings. The standard InChI is InChI=1S/C23H24N2O3/c1-17-3-5-21(6-4-17)28-22-9-7-20(8-10-22)27-16-23(26)25-14-12-19-11-13-24-15-18(19)2/h3-11,13,15H,12,14,16H2,1-2H3,(H,25,26). The van der Waals surface area contributed by atoms with Crippen molar-refractivity contribution in [3.63, 3.8) is 0 Å². The molecule has 1 aromatic heterocycles.